The van der Waals surface area contributed by atoms with Gasteiger partial charge in [0.05, 0.1) is 42.5 Å². The van der Waals surface area contributed by atoms with Gasteiger partial charge in [-0.1, -0.05) is 0 Å². The first kappa shape index (κ1) is 24.4. The summed E-state index contributed by atoms with van der Waals surface area (Å²) in [5, 5.41) is 3.05. The maximum absolute atomic E-state index is 15.4. The summed E-state index contributed by atoms with van der Waals surface area (Å²) in [6, 6.07) is 4.20. The van der Waals surface area contributed by atoms with Crippen LogP contribution in [0.1, 0.15) is 31.2 Å². The van der Waals surface area contributed by atoms with Crippen molar-refractivity contribution in [2.45, 2.75) is 50.7 Å². The number of halogens is 5. The lowest BCUT2D eigenvalue weighted by Gasteiger charge is -2.35. The number of likely N-dealkylation sites (tertiary alicyclic amines) is 1. The summed E-state index contributed by atoms with van der Waals surface area (Å²) < 4.78 is 73.8. The van der Waals surface area contributed by atoms with E-state index in [4.69, 9.17) is 4.74 Å². The normalized spacial score (nSPS) is 24.0. The van der Waals surface area contributed by atoms with Crippen LogP contribution in [-0.4, -0.2) is 60.5 Å². The summed E-state index contributed by atoms with van der Waals surface area (Å²) in [4.78, 5) is 22.6. The van der Waals surface area contributed by atoms with Crippen molar-refractivity contribution >= 4 is 28.8 Å². The average molecular weight is 524 g/mol. The molecule has 37 heavy (non-hydrogen) atoms. The third-order valence-electron chi connectivity index (χ3n) is 7.62. The van der Waals surface area contributed by atoms with Crippen LogP contribution in [0.25, 0.3) is 0 Å². The molecule has 12 heteroatoms. The molecular weight excluding hydrogens is 497 g/mol. The number of benzene rings is 1. The Hall–Kier alpha value is -2.99. The number of alkyl halides is 3. The molecule has 1 N–H and O–H groups in total. The Bertz CT molecular complexity index is 1220. The molecule has 2 bridgehead atoms. The summed E-state index contributed by atoms with van der Waals surface area (Å²) in [7, 11) is 0. The van der Waals surface area contributed by atoms with Gasteiger partial charge >= 0.3 is 6.18 Å². The number of nitrogens with one attached hydrogen (secondary N) is 1. The van der Waals surface area contributed by atoms with Crippen LogP contribution >= 0.6 is 0 Å². The molecule has 5 heterocycles. The Morgan fingerprint density at radius 1 is 1.08 bits per heavy atom. The molecule has 7 nitrogen and oxygen atoms in total. The first-order valence-electron chi connectivity index (χ1n) is 12.4. The van der Waals surface area contributed by atoms with Crippen molar-refractivity contribution in [3.63, 3.8) is 0 Å². The van der Waals surface area contributed by atoms with Crippen molar-refractivity contribution in [3.05, 3.63) is 41.6 Å². The van der Waals surface area contributed by atoms with E-state index in [1.54, 1.807) is 6.07 Å². The molecule has 4 aliphatic heterocycles. The molecule has 0 spiro atoms. The van der Waals surface area contributed by atoms with Crippen LogP contribution < -0.4 is 15.1 Å². The second-order valence-electron chi connectivity index (χ2n) is 10.1. The number of nitrogens with zero attached hydrogens (tertiary/aromatic N) is 4. The SMILES string of the molecule is O=C(C1CCN(CC(F)(F)F)CC1)N1Cc2cc(F)cnc2Nc2cc(F)c(N3CC4CCC3O4)cc21. The van der Waals surface area contributed by atoms with Crippen molar-refractivity contribution in [1.29, 1.82) is 0 Å². The molecule has 2 aromatic rings. The van der Waals surface area contributed by atoms with Crippen LogP contribution in [0.2, 0.25) is 0 Å². The zero-order valence-electron chi connectivity index (χ0n) is 19.9. The van der Waals surface area contributed by atoms with E-state index in [1.165, 1.54) is 21.9 Å². The quantitative estimate of drug-likeness (QED) is 0.596. The van der Waals surface area contributed by atoms with Gasteiger partial charge in [-0.15, -0.1) is 0 Å². The molecule has 0 aliphatic carbocycles. The molecule has 3 saturated heterocycles. The van der Waals surface area contributed by atoms with Gasteiger partial charge < -0.3 is 19.9 Å². The molecule has 198 valence electrons. The second-order valence-corrected chi connectivity index (χ2v) is 10.1. The van der Waals surface area contributed by atoms with E-state index in [-0.39, 0.29) is 50.7 Å². The van der Waals surface area contributed by atoms with Crippen molar-refractivity contribution in [1.82, 2.24) is 9.88 Å². The predicted molar refractivity (Wildman–Crippen MR) is 126 cm³/mol. The van der Waals surface area contributed by atoms with E-state index in [9.17, 15) is 22.4 Å². The lowest BCUT2D eigenvalue weighted by molar-refractivity contribution is -0.149. The lowest BCUT2D eigenvalue weighted by atomic mass is 9.94. The van der Waals surface area contributed by atoms with Crippen molar-refractivity contribution in [2.24, 2.45) is 5.92 Å². The van der Waals surface area contributed by atoms with Crippen LogP contribution in [-0.2, 0) is 16.1 Å². The van der Waals surface area contributed by atoms with Crippen LogP contribution in [0.5, 0.6) is 0 Å². The van der Waals surface area contributed by atoms with Gasteiger partial charge in [-0.05, 0) is 50.9 Å². The molecule has 0 radical (unpaired) electrons. The Kier molecular flexibility index (Phi) is 5.98. The highest BCUT2D eigenvalue weighted by molar-refractivity contribution is 6.00. The smallest absolute Gasteiger partial charge is 0.353 e. The van der Waals surface area contributed by atoms with Gasteiger partial charge in [-0.3, -0.25) is 9.69 Å². The zero-order chi connectivity index (χ0) is 25.9. The number of hydrogen-bond acceptors (Lipinski definition) is 6. The van der Waals surface area contributed by atoms with E-state index in [1.807, 2.05) is 4.90 Å². The monoisotopic (exact) mass is 523 g/mol. The van der Waals surface area contributed by atoms with E-state index < -0.39 is 30.3 Å². The fourth-order valence-corrected chi connectivity index (χ4v) is 5.84. The van der Waals surface area contributed by atoms with Crippen LogP contribution in [0.3, 0.4) is 0 Å². The number of piperidine rings is 2. The lowest BCUT2D eigenvalue weighted by Crippen LogP contribution is -2.45. The Labute approximate surface area is 210 Å². The number of pyridine rings is 1. The standard InChI is InChI=1S/C25H26F5N5O2/c26-16-7-15-11-35(24(36)14-3-5-33(6-4-14)13-25(28,29)30)21-9-20(34-12-17-1-2-22(34)37-17)18(27)8-19(21)32-23(15)31-10-16/h7-10,14,17,22H,1-6,11-13H2,(H,31,32). The number of anilines is 4. The first-order valence-corrected chi connectivity index (χ1v) is 12.4. The molecule has 1 amide bonds. The van der Waals surface area contributed by atoms with Crippen LogP contribution in [0, 0.1) is 17.6 Å². The summed E-state index contributed by atoms with van der Waals surface area (Å²) in [6.07, 6.45) is -1.22. The number of hydrogen-bond donors (Lipinski definition) is 1. The summed E-state index contributed by atoms with van der Waals surface area (Å²) in [6.45, 7) is -0.178. The number of fused-ring (bicyclic) bond motifs is 4. The molecule has 3 fully saturated rings. The number of aromatic nitrogens is 1. The van der Waals surface area contributed by atoms with Crippen LogP contribution in [0.15, 0.2) is 24.4 Å². The summed E-state index contributed by atoms with van der Waals surface area (Å²) in [5.41, 5.74) is 1.47. The van der Waals surface area contributed by atoms with Crippen molar-refractivity contribution < 1.29 is 31.5 Å². The number of carbonyl (C=O) groups is 1. The van der Waals surface area contributed by atoms with E-state index in [2.05, 4.69) is 10.3 Å². The molecule has 1 aromatic heterocycles. The number of ether oxygens (including phenoxy) is 1. The van der Waals surface area contributed by atoms with Gasteiger partial charge in [0.15, 0.2) is 0 Å². The highest BCUT2D eigenvalue weighted by Crippen LogP contribution is 2.43. The Balaban J connectivity index is 1.33. The van der Waals surface area contributed by atoms with E-state index >= 15 is 4.39 Å². The molecule has 4 aliphatic rings. The minimum atomic E-state index is -4.30. The summed E-state index contributed by atoms with van der Waals surface area (Å²) >= 11 is 0. The number of carbonyl (C=O) groups excluding carboxylic acids is 1. The highest BCUT2D eigenvalue weighted by Gasteiger charge is 2.41. The minimum absolute atomic E-state index is 0.00464. The molecule has 2 unspecified atom stereocenters. The molecule has 2 atom stereocenters. The van der Waals surface area contributed by atoms with Gasteiger partial charge in [-0.25, -0.2) is 13.8 Å². The highest BCUT2D eigenvalue weighted by atomic mass is 19.4. The minimum Gasteiger partial charge on any atom is -0.353 e. The maximum Gasteiger partial charge on any atom is 0.401 e. The van der Waals surface area contributed by atoms with Gasteiger partial charge in [-0.2, -0.15) is 13.2 Å². The fourth-order valence-electron chi connectivity index (χ4n) is 5.84. The van der Waals surface area contributed by atoms with Gasteiger partial charge in [0.2, 0.25) is 5.91 Å². The van der Waals surface area contributed by atoms with Gasteiger partial charge in [0, 0.05) is 24.1 Å². The Morgan fingerprint density at radius 3 is 2.54 bits per heavy atom. The van der Waals surface area contributed by atoms with Crippen molar-refractivity contribution in [3.8, 4) is 0 Å². The number of rotatable bonds is 3. The van der Waals surface area contributed by atoms with E-state index in [0.717, 1.165) is 19.0 Å². The third-order valence-corrected chi connectivity index (χ3v) is 7.62. The third kappa shape index (κ3) is 4.72. The predicted octanol–water partition coefficient (Wildman–Crippen LogP) is 4.55. The molecule has 6 rings (SSSR count). The zero-order valence-corrected chi connectivity index (χ0v) is 19.9. The second kappa shape index (κ2) is 9.09. The largest absolute Gasteiger partial charge is 0.401 e. The van der Waals surface area contributed by atoms with E-state index in [0.29, 0.717) is 35.0 Å². The molecule has 1 aromatic carbocycles. The maximum atomic E-state index is 15.4. The molecule has 0 saturated carbocycles. The van der Waals surface area contributed by atoms with Gasteiger partial charge in [0.25, 0.3) is 0 Å². The average Bonchev–Trinajstić information content (AvgIpc) is 3.44. The number of amides is 1. The Morgan fingerprint density at radius 2 is 1.86 bits per heavy atom. The topological polar surface area (TPSA) is 60.9 Å². The van der Waals surface area contributed by atoms with Gasteiger partial charge in [0.1, 0.15) is 23.7 Å². The van der Waals surface area contributed by atoms with Crippen LogP contribution in [0.4, 0.5) is 44.8 Å². The van der Waals surface area contributed by atoms with Crippen molar-refractivity contribution in [2.75, 3.05) is 41.3 Å². The fraction of sp³-hybridized carbons (Fsp3) is 0.520. The first-order chi connectivity index (χ1) is 17.6. The molecular formula is C25H26F5N5O2. The summed E-state index contributed by atoms with van der Waals surface area (Å²) in [5.74, 6) is -1.55.